The third kappa shape index (κ3) is 2.06. The van der Waals surface area contributed by atoms with Gasteiger partial charge in [0.25, 0.3) is 0 Å². The molecule has 1 heterocycles. The van der Waals surface area contributed by atoms with E-state index in [2.05, 4.69) is 25.1 Å². The van der Waals surface area contributed by atoms with Crippen LogP contribution in [0.4, 0.5) is 0 Å². The Morgan fingerprint density at radius 2 is 1.77 bits per heavy atom. The predicted octanol–water partition coefficient (Wildman–Crippen LogP) is 3.69. The second-order valence-corrected chi connectivity index (χ2v) is 5.92. The number of aliphatic hydroxyl groups excluding tert-OH is 1. The molecule has 1 aliphatic carbocycles. The van der Waals surface area contributed by atoms with Crippen LogP contribution in [0.15, 0.2) is 60.8 Å². The Morgan fingerprint density at radius 3 is 2.55 bits per heavy atom. The number of benzene rings is 2. The lowest BCUT2D eigenvalue weighted by molar-refractivity contribution is 0.121. The van der Waals surface area contributed by atoms with Crippen LogP contribution in [0.2, 0.25) is 0 Å². The fourth-order valence-electron chi connectivity index (χ4n) is 3.33. The Morgan fingerprint density at radius 1 is 1.05 bits per heavy atom. The van der Waals surface area contributed by atoms with Crippen molar-refractivity contribution in [3.63, 3.8) is 0 Å². The molecule has 3 nitrogen and oxygen atoms in total. The quantitative estimate of drug-likeness (QED) is 0.781. The minimum atomic E-state index is -0.487. The molecule has 0 radical (unpaired) electrons. The Kier molecular flexibility index (Phi) is 3.09. The van der Waals surface area contributed by atoms with E-state index >= 15 is 0 Å². The van der Waals surface area contributed by atoms with E-state index in [1.165, 1.54) is 5.56 Å². The van der Waals surface area contributed by atoms with E-state index in [-0.39, 0.29) is 6.04 Å². The summed E-state index contributed by atoms with van der Waals surface area (Å²) in [4.78, 5) is 0. The smallest absolute Gasteiger partial charge is 0.102 e. The second kappa shape index (κ2) is 5.11. The van der Waals surface area contributed by atoms with Crippen LogP contribution in [0.25, 0.3) is 11.3 Å². The standard InChI is InChI=1S/C19H18N2O/c1-13-12-21(20-18(13)14-7-3-2-4-8-14)17-11-15-9-5-6-10-16(15)19(17)22/h2-10,12,17,19,22H,11H2,1H3/t17-,19+/m1/s1. The molecule has 1 aromatic heterocycles. The van der Waals surface area contributed by atoms with Crippen molar-refractivity contribution >= 4 is 0 Å². The summed E-state index contributed by atoms with van der Waals surface area (Å²) >= 11 is 0. The maximum Gasteiger partial charge on any atom is 0.102 e. The van der Waals surface area contributed by atoms with Gasteiger partial charge in [-0.05, 0) is 30.0 Å². The van der Waals surface area contributed by atoms with E-state index < -0.39 is 6.10 Å². The number of hydrogen-bond acceptors (Lipinski definition) is 2. The highest BCUT2D eigenvalue weighted by Gasteiger charge is 2.32. The van der Waals surface area contributed by atoms with E-state index in [1.807, 2.05) is 47.3 Å². The van der Waals surface area contributed by atoms with Crippen molar-refractivity contribution in [2.45, 2.75) is 25.5 Å². The third-order valence-electron chi connectivity index (χ3n) is 4.47. The molecule has 22 heavy (non-hydrogen) atoms. The van der Waals surface area contributed by atoms with Gasteiger partial charge in [0.05, 0.1) is 11.7 Å². The molecule has 0 amide bonds. The SMILES string of the molecule is Cc1cn([C@@H]2Cc3ccccc3[C@@H]2O)nc1-c1ccccc1. The second-order valence-electron chi connectivity index (χ2n) is 5.92. The normalized spacial score (nSPS) is 20.1. The Hall–Kier alpha value is -2.39. The van der Waals surface area contributed by atoms with E-state index in [9.17, 15) is 5.11 Å². The van der Waals surface area contributed by atoms with Crippen LogP contribution in [-0.4, -0.2) is 14.9 Å². The average Bonchev–Trinajstić information content (AvgIpc) is 3.09. The van der Waals surface area contributed by atoms with E-state index in [4.69, 9.17) is 5.10 Å². The lowest BCUT2D eigenvalue weighted by Gasteiger charge is -2.15. The summed E-state index contributed by atoms with van der Waals surface area (Å²) in [6.07, 6.45) is 2.38. The van der Waals surface area contributed by atoms with Crippen LogP contribution in [-0.2, 0) is 6.42 Å². The lowest BCUT2D eigenvalue weighted by atomic mass is 10.1. The molecular formula is C19H18N2O. The number of aromatic nitrogens is 2. The van der Waals surface area contributed by atoms with Crippen LogP contribution < -0.4 is 0 Å². The molecule has 2 aromatic carbocycles. The van der Waals surface area contributed by atoms with Gasteiger partial charge in [-0.15, -0.1) is 0 Å². The third-order valence-corrected chi connectivity index (χ3v) is 4.47. The van der Waals surface area contributed by atoms with Gasteiger partial charge in [-0.1, -0.05) is 54.6 Å². The molecule has 110 valence electrons. The van der Waals surface area contributed by atoms with E-state index in [0.29, 0.717) is 0 Å². The summed E-state index contributed by atoms with van der Waals surface area (Å²) in [5.41, 5.74) is 5.48. The fourth-order valence-corrected chi connectivity index (χ4v) is 3.33. The van der Waals surface area contributed by atoms with Gasteiger partial charge in [-0.25, -0.2) is 0 Å². The van der Waals surface area contributed by atoms with Crippen LogP contribution in [0.3, 0.4) is 0 Å². The molecule has 0 unspecified atom stereocenters. The molecule has 0 spiro atoms. The van der Waals surface area contributed by atoms with Gasteiger partial charge >= 0.3 is 0 Å². The number of aliphatic hydroxyl groups is 1. The largest absolute Gasteiger partial charge is 0.386 e. The van der Waals surface area contributed by atoms with Crippen molar-refractivity contribution in [2.75, 3.05) is 0 Å². The molecule has 3 heteroatoms. The summed E-state index contributed by atoms with van der Waals surface area (Å²) in [6.45, 7) is 2.07. The highest BCUT2D eigenvalue weighted by atomic mass is 16.3. The van der Waals surface area contributed by atoms with Crippen molar-refractivity contribution in [3.05, 3.63) is 77.5 Å². The van der Waals surface area contributed by atoms with Crippen molar-refractivity contribution in [3.8, 4) is 11.3 Å². The number of rotatable bonds is 2. The van der Waals surface area contributed by atoms with Crippen molar-refractivity contribution in [1.29, 1.82) is 0 Å². The molecular weight excluding hydrogens is 272 g/mol. The van der Waals surface area contributed by atoms with E-state index in [1.54, 1.807) is 0 Å². The van der Waals surface area contributed by atoms with Crippen LogP contribution in [0, 0.1) is 6.92 Å². The molecule has 1 aliphatic rings. The number of hydrogen-bond donors (Lipinski definition) is 1. The van der Waals surface area contributed by atoms with Gasteiger partial charge in [0.2, 0.25) is 0 Å². The number of nitrogens with zero attached hydrogens (tertiary/aromatic N) is 2. The molecule has 0 aliphatic heterocycles. The van der Waals surface area contributed by atoms with Crippen molar-refractivity contribution in [1.82, 2.24) is 9.78 Å². The van der Waals surface area contributed by atoms with Gasteiger partial charge in [0, 0.05) is 11.8 Å². The predicted molar refractivity (Wildman–Crippen MR) is 86.5 cm³/mol. The highest BCUT2D eigenvalue weighted by molar-refractivity contribution is 5.62. The highest BCUT2D eigenvalue weighted by Crippen LogP contribution is 2.39. The van der Waals surface area contributed by atoms with Crippen LogP contribution >= 0.6 is 0 Å². The Labute approximate surface area is 129 Å². The Balaban J connectivity index is 1.71. The van der Waals surface area contributed by atoms with Crippen molar-refractivity contribution < 1.29 is 5.11 Å². The molecule has 0 bridgehead atoms. The monoisotopic (exact) mass is 290 g/mol. The molecule has 4 rings (SSSR count). The van der Waals surface area contributed by atoms with E-state index in [0.717, 1.165) is 28.8 Å². The fraction of sp³-hybridized carbons (Fsp3) is 0.211. The van der Waals surface area contributed by atoms with Crippen LogP contribution in [0.1, 0.15) is 28.8 Å². The van der Waals surface area contributed by atoms with Crippen LogP contribution in [0.5, 0.6) is 0 Å². The van der Waals surface area contributed by atoms with Gasteiger partial charge < -0.3 is 5.11 Å². The Bertz CT molecular complexity index is 807. The summed E-state index contributed by atoms with van der Waals surface area (Å²) in [5, 5.41) is 15.4. The first-order valence-corrected chi connectivity index (χ1v) is 7.61. The van der Waals surface area contributed by atoms with Gasteiger partial charge in [-0.3, -0.25) is 4.68 Å². The number of aryl methyl sites for hydroxylation is 1. The van der Waals surface area contributed by atoms with Gasteiger partial charge in [-0.2, -0.15) is 5.10 Å². The lowest BCUT2D eigenvalue weighted by Crippen LogP contribution is -2.14. The first-order valence-electron chi connectivity index (χ1n) is 7.61. The minimum absolute atomic E-state index is 0.0198. The first kappa shape index (κ1) is 13.3. The zero-order chi connectivity index (χ0) is 15.1. The summed E-state index contributed by atoms with van der Waals surface area (Å²) in [7, 11) is 0. The average molecular weight is 290 g/mol. The van der Waals surface area contributed by atoms with Crippen molar-refractivity contribution in [2.24, 2.45) is 0 Å². The molecule has 0 fully saturated rings. The minimum Gasteiger partial charge on any atom is -0.386 e. The zero-order valence-electron chi connectivity index (χ0n) is 12.5. The van der Waals surface area contributed by atoms with Gasteiger partial charge in [0.1, 0.15) is 6.10 Å². The topological polar surface area (TPSA) is 38.0 Å². The summed E-state index contributed by atoms with van der Waals surface area (Å²) in [5.74, 6) is 0. The summed E-state index contributed by atoms with van der Waals surface area (Å²) < 4.78 is 1.93. The zero-order valence-corrected chi connectivity index (χ0v) is 12.5. The number of fused-ring (bicyclic) bond motifs is 1. The molecule has 3 aromatic rings. The first-order chi connectivity index (χ1) is 10.7. The molecule has 2 atom stereocenters. The maximum atomic E-state index is 10.6. The molecule has 1 N–H and O–H groups in total. The maximum absolute atomic E-state index is 10.6. The molecule has 0 saturated carbocycles. The van der Waals surface area contributed by atoms with Gasteiger partial charge in [0.15, 0.2) is 0 Å². The molecule has 0 saturated heterocycles. The summed E-state index contributed by atoms with van der Waals surface area (Å²) in [6, 6.07) is 18.3.